The van der Waals surface area contributed by atoms with Crippen molar-refractivity contribution in [2.24, 2.45) is 0 Å². The van der Waals surface area contributed by atoms with E-state index < -0.39 is 0 Å². The number of hydrogen-bond donors (Lipinski definition) is 0. The van der Waals surface area contributed by atoms with Crippen molar-refractivity contribution in [1.82, 2.24) is 4.90 Å². The van der Waals surface area contributed by atoms with Gasteiger partial charge in [-0.3, -0.25) is 4.79 Å². The molecule has 18 heavy (non-hydrogen) atoms. The summed E-state index contributed by atoms with van der Waals surface area (Å²) in [6, 6.07) is 6.10. The van der Waals surface area contributed by atoms with Gasteiger partial charge in [0.05, 0.1) is 6.54 Å². The van der Waals surface area contributed by atoms with Crippen molar-refractivity contribution in [3.63, 3.8) is 0 Å². The number of ether oxygens (including phenoxy) is 1. The van der Waals surface area contributed by atoms with Gasteiger partial charge in [0.15, 0.2) is 0 Å². The van der Waals surface area contributed by atoms with Gasteiger partial charge >= 0.3 is 0 Å². The maximum Gasteiger partial charge on any atom is 0.223 e. The molecule has 0 aliphatic carbocycles. The molecule has 0 spiro atoms. The van der Waals surface area contributed by atoms with Gasteiger partial charge in [0.25, 0.3) is 0 Å². The fourth-order valence-corrected chi connectivity index (χ4v) is 1.99. The lowest BCUT2D eigenvalue weighted by atomic mass is 10.1. The van der Waals surface area contributed by atoms with Gasteiger partial charge in [-0.25, -0.2) is 0 Å². The summed E-state index contributed by atoms with van der Waals surface area (Å²) >= 11 is 3.26. The Kier molecular flexibility index (Phi) is 6.19. The molecule has 0 aliphatic rings. The van der Waals surface area contributed by atoms with Gasteiger partial charge in [-0.15, -0.1) is 0 Å². The Labute approximate surface area is 117 Å². The van der Waals surface area contributed by atoms with Crippen molar-refractivity contribution in [3.8, 4) is 5.75 Å². The van der Waals surface area contributed by atoms with E-state index in [1.807, 2.05) is 19.1 Å². The van der Waals surface area contributed by atoms with Crippen LogP contribution in [0.3, 0.4) is 0 Å². The highest BCUT2D eigenvalue weighted by Crippen LogP contribution is 2.18. The molecular weight excluding hydrogens is 294 g/mol. The third kappa shape index (κ3) is 4.69. The van der Waals surface area contributed by atoms with Gasteiger partial charge in [0.2, 0.25) is 5.91 Å². The second kappa shape index (κ2) is 7.41. The Morgan fingerprint density at radius 3 is 2.72 bits per heavy atom. The highest BCUT2D eigenvalue weighted by atomic mass is 79.9. The third-order valence-corrected chi connectivity index (χ3v) is 3.15. The SMILES string of the molecule is Cc1ccc(OCCN(C)C(=O)CCBr)c(C)c1. The molecule has 1 aromatic carbocycles. The van der Waals surface area contributed by atoms with Crippen LogP contribution in [-0.2, 0) is 4.79 Å². The number of likely N-dealkylation sites (N-methyl/N-ethyl adjacent to an activating group) is 1. The molecule has 0 radical (unpaired) electrons. The molecular formula is C14H20BrNO2. The lowest BCUT2D eigenvalue weighted by Gasteiger charge is -2.17. The molecule has 1 aromatic rings. The molecule has 0 N–H and O–H groups in total. The predicted octanol–water partition coefficient (Wildman–Crippen LogP) is 2.93. The molecule has 0 aliphatic heterocycles. The zero-order valence-electron chi connectivity index (χ0n) is 11.2. The molecule has 0 atom stereocenters. The third-order valence-electron chi connectivity index (χ3n) is 2.75. The number of amides is 1. The summed E-state index contributed by atoms with van der Waals surface area (Å²) in [6.07, 6.45) is 0.528. The summed E-state index contributed by atoms with van der Waals surface area (Å²) in [7, 11) is 1.80. The predicted molar refractivity (Wildman–Crippen MR) is 77.5 cm³/mol. The Hall–Kier alpha value is -1.03. The minimum Gasteiger partial charge on any atom is -0.491 e. The number of halogens is 1. The van der Waals surface area contributed by atoms with E-state index in [0.29, 0.717) is 24.9 Å². The number of carbonyl (C=O) groups is 1. The van der Waals surface area contributed by atoms with Crippen LogP contribution in [-0.4, -0.2) is 36.3 Å². The quantitative estimate of drug-likeness (QED) is 0.756. The van der Waals surface area contributed by atoms with E-state index in [-0.39, 0.29) is 5.91 Å². The number of hydrogen-bond acceptors (Lipinski definition) is 2. The maximum atomic E-state index is 11.5. The topological polar surface area (TPSA) is 29.5 Å². The summed E-state index contributed by atoms with van der Waals surface area (Å²) in [5, 5.41) is 0.702. The molecule has 0 heterocycles. The minimum absolute atomic E-state index is 0.135. The Morgan fingerprint density at radius 2 is 2.11 bits per heavy atom. The summed E-state index contributed by atoms with van der Waals surface area (Å²) in [5.41, 5.74) is 2.36. The number of nitrogens with zero attached hydrogens (tertiary/aromatic N) is 1. The van der Waals surface area contributed by atoms with E-state index in [9.17, 15) is 4.79 Å². The number of carbonyl (C=O) groups excluding carboxylic acids is 1. The van der Waals surface area contributed by atoms with Gasteiger partial charge in [-0.1, -0.05) is 33.6 Å². The molecule has 0 aromatic heterocycles. The van der Waals surface area contributed by atoms with Gasteiger partial charge in [0.1, 0.15) is 12.4 Å². The lowest BCUT2D eigenvalue weighted by molar-refractivity contribution is -0.129. The standard InChI is InChI=1S/C14H20BrNO2/c1-11-4-5-13(12(2)10-11)18-9-8-16(3)14(17)6-7-15/h4-5,10H,6-9H2,1-3H3. The van der Waals surface area contributed by atoms with E-state index >= 15 is 0 Å². The smallest absolute Gasteiger partial charge is 0.223 e. The molecule has 0 unspecified atom stereocenters. The Bertz CT molecular complexity index is 407. The molecule has 1 amide bonds. The maximum absolute atomic E-state index is 11.5. The van der Waals surface area contributed by atoms with Crippen molar-refractivity contribution in [2.75, 3.05) is 25.5 Å². The molecule has 3 nitrogen and oxygen atoms in total. The number of alkyl halides is 1. The average molecular weight is 314 g/mol. The van der Waals surface area contributed by atoms with Crippen LogP contribution in [0.4, 0.5) is 0 Å². The van der Waals surface area contributed by atoms with Crippen LogP contribution in [0.1, 0.15) is 17.5 Å². The molecule has 0 saturated heterocycles. The fourth-order valence-electron chi connectivity index (χ4n) is 1.65. The van der Waals surface area contributed by atoms with E-state index in [0.717, 1.165) is 11.3 Å². The van der Waals surface area contributed by atoms with Crippen LogP contribution in [0.15, 0.2) is 18.2 Å². The average Bonchev–Trinajstić information content (AvgIpc) is 2.32. The van der Waals surface area contributed by atoms with Crippen molar-refractivity contribution in [1.29, 1.82) is 0 Å². The number of aryl methyl sites for hydroxylation is 2. The normalized spacial score (nSPS) is 10.2. The van der Waals surface area contributed by atoms with E-state index in [2.05, 4.69) is 28.9 Å². The monoisotopic (exact) mass is 313 g/mol. The Balaban J connectivity index is 2.39. The summed E-state index contributed by atoms with van der Waals surface area (Å²) in [4.78, 5) is 13.2. The first-order valence-electron chi connectivity index (χ1n) is 6.04. The summed E-state index contributed by atoms with van der Waals surface area (Å²) < 4.78 is 5.69. The largest absolute Gasteiger partial charge is 0.491 e. The molecule has 100 valence electrons. The molecule has 4 heteroatoms. The molecule has 0 saturated carbocycles. The van der Waals surface area contributed by atoms with Crippen LogP contribution < -0.4 is 4.74 Å². The van der Waals surface area contributed by atoms with Crippen molar-refractivity contribution < 1.29 is 9.53 Å². The van der Waals surface area contributed by atoms with Crippen LogP contribution in [0.5, 0.6) is 5.75 Å². The molecule has 0 bridgehead atoms. The molecule has 0 fully saturated rings. The van der Waals surface area contributed by atoms with Gasteiger partial charge in [-0.2, -0.15) is 0 Å². The Morgan fingerprint density at radius 1 is 1.39 bits per heavy atom. The van der Waals surface area contributed by atoms with Gasteiger partial charge in [0, 0.05) is 18.8 Å². The number of rotatable bonds is 6. The van der Waals surface area contributed by atoms with Crippen LogP contribution in [0, 0.1) is 13.8 Å². The van der Waals surface area contributed by atoms with Gasteiger partial charge in [-0.05, 0) is 25.5 Å². The zero-order valence-corrected chi connectivity index (χ0v) is 12.8. The van der Waals surface area contributed by atoms with E-state index in [1.54, 1.807) is 11.9 Å². The first-order chi connectivity index (χ1) is 8.54. The number of benzene rings is 1. The van der Waals surface area contributed by atoms with Crippen LogP contribution in [0.25, 0.3) is 0 Å². The van der Waals surface area contributed by atoms with Crippen molar-refractivity contribution in [3.05, 3.63) is 29.3 Å². The second-order valence-electron chi connectivity index (χ2n) is 4.37. The van der Waals surface area contributed by atoms with Crippen LogP contribution >= 0.6 is 15.9 Å². The lowest BCUT2D eigenvalue weighted by Crippen LogP contribution is -2.30. The second-order valence-corrected chi connectivity index (χ2v) is 5.16. The first kappa shape index (κ1) is 15.0. The minimum atomic E-state index is 0.135. The summed E-state index contributed by atoms with van der Waals surface area (Å²) in [6.45, 7) is 5.22. The van der Waals surface area contributed by atoms with Crippen molar-refractivity contribution in [2.45, 2.75) is 20.3 Å². The van der Waals surface area contributed by atoms with E-state index in [1.165, 1.54) is 5.56 Å². The van der Waals surface area contributed by atoms with Gasteiger partial charge < -0.3 is 9.64 Å². The van der Waals surface area contributed by atoms with E-state index in [4.69, 9.17) is 4.74 Å². The van der Waals surface area contributed by atoms with Crippen molar-refractivity contribution >= 4 is 21.8 Å². The zero-order chi connectivity index (χ0) is 13.5. The highest BCUT2D eigenvalue weighted by molar-refractivity contribution is 9.09. The molecule has 1 rings (SSSR count). The van der Waals surface area contributed by atoms with Crippen LogP contribution in [0.2, 0.25) is 0 Å². The fraction of sp³-hybridized carbons (Fsp3) is 0.500. The first-order valence-corrected chi connectivity index (χ1v) is 7.16. The highest BCUT2D eigenvalue weighted by Gasteiger charge is 2.07. The summed E-state index contributed by atoms with van der Waals surface area (Å²) in [5.74, 6) is 1.03.